The molecule has 0 amide bonds. The van der Waals surface area contributed by atoms with Gasteiger partial charge in [-0.05, 0) is 50.1 Å². The molecule has 0 fully saturated rings. The fourth-order valence-electron chi connectivity index (χ4n) is 3.08. The lowest BCUT2D eigenvalue weighted by molar-refractivity contribution is -0.145. The molecule has 0 spiro atoms. The summed E-state index contributed by atoms with van der Waals surface area (Å²) in [4.78, 5) is 24.7. The van der Waals surface area contributed by atoms with Gasteiger partial charge in [-0.3, -0.25) is 4.79 Å². The van der Waals surface area contributed by atoms with E-state index in [4.69, 9.17) is 9.15 Å². The number of hydrogen-bond donors (Lipinski definition) is 0. The predicted octanol–water partition coefficient (Wildman–Crippen LogP) is 3.21. The number of rotatable bonds is 6. The van der Waals surface area contributed by atoms with Crippen molar-refractivity contribution in [2.45, 2.75) is 33.3 Å². The maximum absolute atomic E-state index is 13.0. The summed E-state index contributed by atoms with van der Waals surface area (Å²) in [6.07, 6.45) is 3.63. The zero-order valence-electron chi connectivity index (χ0n) is 15.9. The number of oxazole rings is 1. The van der Waals surface area contributed by atoms with Crippen LogP contribution in [-0.4, -0.2) is 30.5 Å². The van der Waals surface area contributed by atoms with Gasteiger partial charge in [0.1, 0.15) is 12.1 Å². The van der Waals surface area contributed by atoms with Crippen LogP contribution in [0.5, 0.6) is 0 Å². The van der Waals surface area contributed by atoms with Crippen molar-refractivity contribution >= 4 is 11.7 Å². The van der Waals surface area contributed by atoms with Crippen molar-refractivity contribution in [3.63, 3.8) is 0 Å². The molecule has 3 heterocycles. The van der Waals surface area contributed by atoms with Gasteiger partial charge >= 0.3 is 5.97 Å². The topological polar surface area (TPSA) is 95.4 Å². The van der Waals surface area contributed by atoms with Crippen molar-refractivity contribution in [3.05, 3.63) is 65.4 Å². The number of hydrogen-bond acceptors (Lipinski definition) is 7. The molecule has 3 aromatic heterocycles. The lowest BCUT2D eigenvalue weighted by Crippen LogP contribution is -2.10. The number of carbonyl (C=O) groups is 1. The van der Waals surface area contributed by atoms with Gasteiger partial charge in [0.15, 0.2) is 12.4 Å². The number of aryl methyl sites for hydroxylation is 2. The van der Waals surface area contributed by atoms with Gasteiger partial charge in [0.25, 0.3) is 5.78 Å². The van der Waals surface area contributed by atoms with E-state index in [2.05, 4.69) is 20.1 Å². The third kappa shape index (κ3) is 3.98. The van der Waals surface area contributed by atoms with E-state index in [1.54, 1.807) is 16.6 Å². The predicted molar refractivity (Wildman–Crippen MR) is 100 cm³/mol. The highest BCUT2D eigenvalue weighted by Crippen LogP contribution is 2.21. The first kappa shape index (κ1) is 18.7. The maximum atomic E-state index is 13.0. The van der Waals surface area contributed by atoms with Crippen LogP contribution in [0.15, 0.2) is 41.2 Å². The summed E-state index contributed by atoms with van der Waals surface area (Å²) < 4.78 is 25.5. The van der Waals surface area contributed by atoms with E-state index in [-0.39, 0.29) is 30.7 Å². The lowest BCUT2D eigenvalue weighted by atomic mass is 10.1. The van der Waals surface area contributed by atoms with E-state index in [1.165, 1.54) is 24.7 Å². The number of carbonyl (C=O) groups excluding carboxylic acids is 1. The molecule has 0 aliphatic rings. The quantitative estimate of drug-likeness (QED) is 0.463. The highest BCUT2D eigenvalue weighted by atomic mass is 19.1. The smallest absolute Gasteiger partial charge is 0.306 e. The zero-order valence-corrected chi connectivity index (χ0v) is 15.9. The Morgan fingerprint density at radius 3 is 2.79 bits per heavy atom. The number of esters is 1. The van der Waals surface area contributed by atoms with Gasteiger partial charge in [0, 0.05) is 23.4 Å². The maximum Gasteiger partial charge on any atom is 0.306 e. The van der Waals surface area contributed by atoms with Gasteiger partial charge in [0.2, 0.25) is 5.89 Å². The molecule has 0 bridgehead atoms. The fourth-order valence-corrected chi connectivity index (χ4v) is 3.08. The molecule has 0 atom stereocenters. The van der Waals surface area contributed by atoms with Crippen molar-refractivity contribution in [2.75, 3.05) is 0 Å². The largest absolute Gasteiger partial charge is 0.456 e. The standard InChI is InChI=1S/C20H18FN5O3/c1-12-16(13(2)26-20(25-12)23-11-24-26)7-8-19(27)28-10-18-22-9-17(29-18)14-3-5-15(21)6-4-14/h3-6,9,11H,7-8,10H2,1-2H3. The van der Waals surface area contributed by atoms with Crippen LogP contribution < -0.4 is 0 Å². The SMILES string of the molecule is Cc1nc2ncnn2c(C)c1CCC(=O)OCc1ncc(-c2ccc(F)cc2)o1. The molecular weight excluding hydrogens is 377 g/mol. The summed E-state index contributed by atoms with van der Waals surface area (Å²) in [5.74, 6) is 0.590. The average Bonchev–Trinajstić information content (AvgIpc) is 3.36. The average molecular weight is 395 g/mol. The Kier molecular flexibility index (Phi) is 5.03. The van der Waals surface area contributed by atoms with Crippen molar-refractivity contribution in [2.24, 2.45) is 0 Å². The molecule has 4 aromatic rings. The van der Waals surface area contributed by atoms with Gasteiger partial charge in [-0.25, -0.2) is 18.9 Å². The molecule has 0 radical (unpaired) electrons. The highest BCUT2D eigenvalue weighted by molar-refractivity contribution is 5.69. The zero-order chi connectivity index (χ0) is 20.4. The van der Waals surface area contributed by atoms with Gasteiger partial charge < -0.3 is 9.15 Å². The second kappa shape index (κ2) is 7.78. The van der Waals surface area contributed by atoms with Gasteiger partial charge in [-0.2, -0.15) is 10.1 Å². The molecular formula is C20H18FN5O3. The van der Waals surface area contributed by atoms with Gasteiger partial charge in [-0.1, -0.05) is 0 Å². The van der Waals surface area contributed by atoms with Gasteiger partial charge in [0.05, 0.1) is 6.20 Å². The molecule has 148 valence electrons. The Balaban J connectivity index is 1.35. The third-order valence-corrected chi connectivity index (χ3v) is 4.61. The second-order valence-corrected chi connectivity index (χ2v) is 6.52. The summed E-state index contributed by atoms with van der Waals surface area (Å²) in [5.41, 5.74) is 3.34. The number of nitrogens with zero attached hydrogens (tertiary/aromatic N) is 5. The van der Waals surface area contributed by atoms with E-state index in [1.807, 2.05) is 13.8 Å². The summed E-state index contributed by atoms with van der Waals surface area (Å²) in [6, 6.07) is 5.87. The minimum Gasteiger partial charge on any atom is -0.456 e. The molecule has 0 unspecified atom stereocenters. The molecule has 0 aliphatic carbocycles. The van der Waals surface area contributed by atoms with Crippen LogP contribution in [0.4, 0.5) is 4.39 Å². The van der Waals surface area contributed by atoms with Crippen LogP contribution >= 0.6 is 0 Å². The number of halogens is 1. The normalized spacial score (nSPS) is 11.1. The molecule has 4 rings (SSSR count). The van der Waals surface area contributed by atoms with E-state index >= 15 is 0 Å². The fraction of sp³-hybridized carbons (Fsp3) is 0.250. The van der Waals surface area contributed by atoms with E-state index in [0.29, 0.717) is 23.5 Å². The van der Waals surface area contributed by atoms with Crippen molar-refractivity contribution in [1.29, 1.82) is 0 Å². The van der Waals surface area contributed by atoms with Crippen LogP contribution in [0.2, 0.25) is 0 Å². The molecule has 1 aromatic carbocycles. The Morgan fingerprint density at radius 2 is 2.00 bits per heavy atom. The van der Waals surface area contributed by atoms with Crippen LogP contribution in [0.3, 0.4) is 0 Å². The molecule has 29 heavy (non-hydrogen) atoms. The van der Waals surface area contributed by atoms with Gasteiger partial charge in [-0.15, -0.1) is 0 Å². The monoisotopic (exact) mass is 395 g/mol. The Bertz CT molecular complexity index is 1170. The first-order valence-corrected chi connectivity index (χ1v) is 9.03. The van der Waals surface area contributed by atoms with Crippen LogP contribution in [0.25, 0.3) is 17.1 Å². The van der Waals surface area contributed by atoms with Crippen LogP contribution in [0.1, 0.15) is 29.3 Å². The second-order valence-electron chi connectivity index (χ2n) is 6.52. The van der Waals surface area contributed by atoms with Crippen molar-refractivity contribution < 1.29 is 18.3 Å². The summed E-state index contributed by atoms with van der Waals surface area (Å²) in [5, 5.41) is 4.14. The highest BCUT2D eigenvalue weighted by Gasteiger charge is 2.14. The molecule has 0 saturated carbocycles. The van der Waals surface area contributed by atoms with Crippen LogP contribution in [0, 0.1) is 19.7 Å². The van der Waals surface area contributed by atoms with E-state index in [9.17, 15) is 9.18 Å². The number of benzene rings is 1. The van der Waals surface area contributed by atoms with Crippen molar-refractivity contribution in [3.8, 4) is 11.3 Å². The molecule has 8 nitrogen and oxygen atoms in total. The molecule has 0 N–H and O–H groups in total. The lowest BCUT2D eigenvalue weighted by Gasteiger charge is -2.10. The number of fused-ring (bicyclic) bond motifs is 1. The summed E-state index contributed by atoms with van der Waals surface area (Å²) >= 11 is 0. The number of ether oxygens (including phenoxy) is 1. The molecule has 9 heteroatoms. The number of aromatic nitrogens is 5. The first-order chi connectivity index (χ1) is 14.0. The van der Waals surface area contributed by atoms with E-state index in [0.717, 1.165) is 17.0 Å². The Labute approximate surface area is 165 Å². The van der Waals surface area contributed by atoms with Crippen LogP contribution in [-0.2, 0) is 22.6 Å². The van der Waals surface area contributed by atoms with E-state index < -0.39 is 0 Å². The third-order valence-electron chi connectivity index (χ3n) is 4.61. The summed E-state index contributed by atoms with van der Waals surface area (Å²) in [6.45, 7) is 3.73. The Morgan fingerprint density at radius 1 is 1.21 bits per heavy atom. The molecule has 0 aliphatic heterocycles. The minimum absolute atomic E-state index is 0.0711. The Hall–Kier alpha value is -3.62. The summed E-state index contributed by atoms with van der Waals surface area (Å²) in [7, 11) is 0. The van der Waals surface area contributed by atoms with Crippen molar-refractivity contribution in [1.82, 2.24) is 24.6 Å². The first-order valence-electron chi connectivity index (χ1n) is 9.03. The minimum atomic E-state index is -0.371. The molecule has 0 saturated heterocycles.